The number of ether oxygens (including phenoxy) is 1. The van der Waals surface area contributed by atoms with E-state index in [1.54, 1.807) is 18.3 Å². The molecule has 3 aromatic carbocycles. The van der Waals surface area contributed by atoms with Crippen LogP contribution in [0.5, 0.6) is 5.75 Å². The highest BCUT2D eigenvalue weighted by Crippen LogP contribution is 2.15. The highest BCUT2D eigenvalue weighted by atomic mass is 35.5. The molecule has 0 unspecified atom stereocenters. The van der Waals surface area contributed by atoms with Crippen LogP contribution in [0.4, 0.5) is 0 Å². The minimum absolute atomic E-state index is 0.457. The summed E-state index contributed by atoms with van der Waals surface area (Å²) in [5, 5.41) is 13.8. The average molecular weight is 376 g/mol. The third kappa shape index (κ3) is 5.60. The molecular weight excluding hydrogens is 358 g/mol. The Kier molecular flexibility index (Phi) is 6.45. The van der Waals surface area contributed by atoms with Gasteiger partial charge in [-0.2, -0.15) is 10.4 Å². The standard InChI is InChI=1S/C22H18ClN3O/c23-22-4-2-1-3-20(22)15-26-25-14-18-9-11-21(12-10-18)27-16-19-7-5-17(13-24)6-8-19/h1-12,14,26H,15-16H2/b25-14-. The predicted octanol–water partition coefficient (Wildman–Crippen LogP) is 4.91. The zero-order chi connectivity index (χ0) is 18.9. The maximum atomic E-state index is 8.81. The quantitative estimate of drug-likeness (QED) is 0.471. The summed E-state index contributed by atoms with van der Waals surface area (Å²) in [5.41, 5.74) is 6.62. The van der Waals surface area contributed by atoms with Crippen molar-refractivity contribution in [2.24, 2.45) is 5.10 Å². The summed E-state index contributed by atoms with van der Waals surface area (Å²) in [6.07, 6.45) is 1.75. The van der Waals surface area contributed by atoms with Crippen LogP contribution in [0.3, 0.4) is 0 Å². The number of nitrogens with zero attached hydrogens (tertiary/aromatic N) is 2. The molecule has 0 spiro atoms. The van der Waals surface area contributed by atoms with E-state index in [1.807, 2.05) is 60.7 Å². The zero-order valence-electron chi connectivity index (χ0n) is 14.6. The van der Waals surface area contributed by atoms with Gasteiger partial charge >= 0.3 is 0 Å². The molecule has 0 fully saturated rings. The summed E-state index contributed by atoms with van der Waals surface area (Å²) in [5.74, 6) is 0.778. The monoisotopic (exact) mass is 375 g/mol. The van der Waals surface area contributed by atoms with Gasteiger partial charge in [0.2, 0.25) is 0 Å². The van der Waals surface area contributed by atoms with Gasteiger partial charge in [0.1, 0.15) is 12.4 Å². The van der Waals surface area contributed by atoms with Gasteiger partial charge in [-0.3, -0.25) is 0 Å². The number of hydrogen-bond acceptors (Lipinski definition) is 4. The first kappa shape index (κ1) is 18.5. The fraction of sp³-hybridized carbons (Fsp3) is 0.0909. The molecule has 0 radical (unpaired) electrons. The Bertz CT molecular complexity index is 945. The van der Waals surface area contributed by atoms with E-state index in [9.17, 15) is 0 Å². The van der Waals surface area contributed by atoms with E-state index in [4.69, 9.17) is 21.6 Å². The summed E-state index contributed by atoms with van der Waals surface area (Å²) >= 11 is 6.11. The fourth-order valence-corrected chi connectivity index (χ4v) is 2.59. The Morgan fingerprint density at radius 3 is 2.44 bits per heavy atom. The molecule has 0 amide bonds. The lowest BCUT2D eigenvalue weighted by molar-refractivity contribution is 0.306. The molecule has 0 aliphatic carbocycles. The van der Waals surface area contributed by atoms with E-state index in [2.05, 4.69) is 16.6 Å². The smallest absolute Gasteiger partial charge is 0.119 e. The van der Waals surface area contributed by atoms with Crippen molar-refractivity contribution in [1.82, 2.24) is 5.43 Å². The van der Waals surface area contributed by atoms with Gasteiger partial charge < -0.3 is 10.2 Å². The van der Waals surface area contributed by atoms with Gasteiger partial charge in [-0.15, -0.1) is 0 Å². The van der Waals surface area contributed by atoms with Gasteiger partial charge in [0.15, 0.2) is 0 Å². The molecule has 27 heavy (non-hydrogen) atoms. The average Bonchev–Trinajstić information content (AvgIpc) is 2.72. The van der Waals surface area contributed by atoms with Crippen molar-refractivity contribution in [1.29, 1.82) is 5.26 Å². The second-order valence-electron chi connectivity index (χ2n) is 5.85. The van der Waals surface area contributed by atoms with Gasteiger partial charge in [-0.25, -0.2) is 0 Å². The number of rotatable bonds is 7. The molecule has 0 aromatic heterocycles. The summed E-state index contributed by atoms with van der Waals surface area (Å²) in [6, 6.07) is 24.8. The molecule has 3 rings (SSSR count). The van der Waals surface area contributed by atoms with Crippen LogP contribution in [0, 0.1) is 11.3 Å². The van der Waals surface area contributed by atoms with Gasteiger partial charge in [-0.05, 0) is 59.2 Å². The Balaban J connectivity index is 1.48. The predicted molar refractivity (Wildman–Crippen MR) is 108 cm³/mol. The van der Waals surface area contributed by atoms with Crippen molar-refractivity contribution >= 4 is 17.8 Å². The van der Waals surface area contributed by atoms with Gasteiger partial charge in [0.25, 0.3) is 0 Å². The van der Waals surface area contributed by atoms with Crippen molar-refractivity contribution in [3.63, 3.8) is 0 Å². The Morgan fingerprint density at radius 2 is 1.74 bits per heavy atom. The molecule has 0 heterocycles. The molecule has 4 nitrogen and oxygen atoms in total. The summed E-state index contributed by atoms with van der Waals surface area (Å²) in [7, 11) is 0. The second kappa shape index (κ2) is 9.42. The molecule has 0 bridgehead atoms. The summed E-state index contributed by atoms with van der Waals surface area (Å²) < 4.78 is 5.76. The van der Waals surface area contributed by atoms with Crippen molar-refractivity contribution in [2.45, 2.75) is 13.2 Å². The molecule has 134 valence electrons. The molecule has 1 N–H and O–H groups in total. The van der Waals surface area contributed by atoms with Crippen molar-refractivity contribution in [3.8, 4) is 11.8 Å². The van der Waals surface area contributed by atoms with Crippen LogP contribution in [-0.2, 0) is 13.2 Å². The lowest BCUT2D eigenvalue weighted by Crippen LogP contribution is -2.05. The first-order valence-corrected chi connectivity index (χ1v) is 8.83. The number of halogens is 1. The van der Waals surface area contributed by atoms with E-state index < -0.39 is 0 Å². The lowest BCUT2D eigenvalue weighted by atomic mass is 10.1. The normalized spacial score (nSPS) is 10.5. The van der Waals surface area contributed by atoms with Crippen LogP contribution in [0.1, 0.15) is 22.3 Å². The van der Waals surface area contributed by atoms with E-state index >= 15 is 0 Å². The molecule has 0 aliphatic heterocycles. The minimum atomic E-state index is 0.457. The number of hydrazone groups is 1. The van der Waals surface area contributed by atoms with Crippen LogP contribution in [-0.4, -0.2) is 6.21 Å². The number of hydrogen-bond donors (Lipinski definition) is 1. The Labute approximate surface area is 163 Å². The molecule has 0 aliphatic rings. The maximum absolute atomic E-state index is 8.81. The summed E-state index contributed by atoms with van der Waals surface area (Å²) in [6.45, 7) is 1.03. The molecule has 0 saturated carbocycles. The third-order valence-corrected chi connectivity index (χ3v) is 4.27. The second-order valence-corrected chi connectivity index (χ2v) is 6.26. The van der Waals surface area contributed by atoms with Crippen LogP contribution in [0.15, 0.2) is 77.9 Å². The van der Waals surface area contributed by atoms with E-state index in [0.717, 1.165) is 27.5 Å². The van der Waals surface area contributed by atoms with E-state index in [1.165, 1.54) is 0 Å². The third-order valence-electron chi connectivity index (χ3n) is 3.90. The van der Waals surface area contributed by atoms with Crippen LogP contribution in [0.25, 0.3) is 0 Å². The molecular formula is C22H18ClN3O. The number of benzene rings is 3. The van der Waals surface area contributed by atoms with Crippen molar-refractivity contribution < 1.29 is 4.74 Å². The first-order valence-electron chi connectivity index (χ1n) is 8.46. The lowest BCUT2D eigenvalue weighted by Gasteiger charge is -2.06. The van der Waals surface area contributed by atoms with Crippen LogP contribution < -0.4 is 10.2 Å². The molecule has 0 saturated heterocycles. The Hall–Kier alpha value is -3.29. The van der Waals surface area contributed by atoms with Crippen molar-refractivity contribution in [2.75, 3.05) is 0 Å². The first-order chi connectivity index (χ1) is 13.2. The van der Waals surface area contributed by atoms with Crippen molar-refractivity contribution in [3.05, 3.63) is 100 Å². The van der Waals surface area contributed by atoms with Gasteiger partial charge in [-0.1, -0.05) is 41.9 Å². The molecule has 0 atom stereocenters. The Morgan fingerprint density at radius 1 is 1.00 bits per heavy atom. The van der Waals surface area contributed by atoms with Crippen LogP contribution >= 0.6 is 11.6 Å². The maximum Gasteiger partial charge on any atom is 0.119 e. The highest BCUT2D eigenvalue weighted by Gasteiger charge is 1.98. The highest BCUT2D eigenvalue weighted by molar-refractivity contribution is 6.31. The van der Waals surface area contributed by atoms with Gasteiger partial charge in [0, 0.05) is 5.02 Å². The fourth-order valence-electron chi connectivity index (χ4n) is 2.39. The number of nitriles is 1. The molecule has 5 heteroatoms. The summed E-state index contributed by atoms with van der Waals surface area (Å²) in [4.78, 5) is 0. The SMILES string of the molecule is N#Cc1ccc(COc2ccc(/C=N\NCc3ccccc3Cl)cc2)cc1. The minimum Gasteiger partial charge on any atom is -0.489 e. The molecule has 3 aromatic rings. The topological polar surface area (TPSA) is 57.4 Å². The largest absolute Gasteiger partial charge is 0.489 e. The van der Waals surface area contributed by atoms with Gasteiger partial charge in [0.05, 0.1) is 24.4 Å². The van der Waals surface area contributed by atoms with E-state index in [0.29, 0.717) is 18.7 Å². The van der Waals surface area contributed by atoms with E-state index in [-0.39, 0.29) is 0 Å². The zero-order valence-corrected chi connectivity index (χ0v) is 15.4. The number of nitrogens with one attached hydrogen (secondary N) is 1. The van der Waals surface area contributed by atoms with Crippen LogP contribution in [0.2, 0.25) is 5.02 Å².